The molecule has 2 heterocycles. The molecule has 154 valence electrons. The highest BCUT2D eigenvalue weighted by atomic mass is 35.5. The zero-order valence-electron chi connectivity index (χ0n) is 16.6. The largest absolute Gasteiger partial charge is 0.375 e. The second kappa shape index (κ2) is 10.1. The van der Waals surface area contributed by atoms with Crippen molar-refractivity contribution in [1.82, 2.24) is 15.1 Å². The molecule has 7 nitrogen and oxygen atoms in total. The number of benzene rings is 1. The van der Waals surface area contributed by atoms with Crippen molar-refractivity contribution in [3.63, 3.8) is 0 Å². The van der Waals surface area contributed by atoms with Crippen LogP contribution in [-0.2, 0) is 14.3 Å². The van der Waals surface area contributed by atoms with Crippen molar-refractivity contribution < 1.29 is 14.3 Å². The Balaban J connectivity index is 1.51. The van der Waals surface area contributed by atoms with Gasteiger partial charge in [0.25, 0.3) is 5.91 Å². The SMILES string of the molecule is CN=C(NCC(OC)c1cccc(Cl)c1)N1CCN(C(=O)C2CCCO2)CC1. The van der Waals surface area contributed by atoms with Gasteiger partial charge in [-0.15, -0.1) is 0 Å². The second-order valence-corrected chi connectivity index (χ2v) is 7.46. The fourth-order valence-electron chi connectivity index (χ4n) is 3.68. The maximum atomic E-state index is 12.5. The van der Waals surface area contributed by atoms with E-state index in [1.165, 1.54) is 0 Å². The van der Waals surface area contributed by atoms with Crippen LogP contribution in [0.1, 0.15) is 24.5 Å². The summed E-state index contributed by atoms with van der Waals surface area (Å²) in [6.07, 6.45) is 1.44. The van der Waals surface area contributed by atoms with E-state index in [4.69, 9.17) is 21.1 Å². The highest BCUT2D eigenvalue weighted by molar-refractivity contribution is 6.30. The molecular weight excluding hydrogens is 380 g/mol. The fourth-order valence-corrected chi connectivity index (χ4v) is 3.87. The van der Waals surface area contributed by atoms with Gasteiger partial charge in [0.05, 0.1) is 6.10 Å². The monoisotopic (exact) mass is 408 g/mol. The maximum absolute atomic E-state index is 12.5. The molecule has 1 amide bonds. The van der Waals surface area contributed by atoms with Gasteiger partial charge in [0.1, 0.15) is 6.10 Å². The molecule has 0 aliphatic carbocycles. The van der Waals surface area contributed by atoms with Crippen molar-refractivity contribution in [2.45, 2.75) is 25.0 Å². The number of hydrogen-bond acceptors (Lipinski definition) is 4. The molecule has 1 aromatic rings. The first-order valence-electron chi connectivity index (χ1n) is 9.76. The zero-order chi connectivity index (χ0) is 19.9. The summed E-state index contributed by atoms with van der Waals surface area (Å²) in [5.41, 5.74) is 1.02. The Morgan fingerprint density at radius 3 is 2.71 bits per heavy atom. The molecule has 1 aromatic carbocycles. The van der Waals surface area contributed by atoms with Gasteiger partial charge in [-0.25, -0.2) is 0 Å². The minimum absolute atomic E-state index is 0.125. The van der Waals surface area contributed by atoms with Gasteiger partial charge in [0, 0.05) is 58.5 Å². The molecule has 0 saturated carbocycles. The first-order valence-corrected chi connectivity index (χ1v) is 10.1. The fraction of sp³-hybridized carbons (Fsp3) is 0.600. The van der Waals surface area contributed by atoms with Crippen molar-refractivity contribution in [2.24, 2.45) is 4.99 Å². The van der Waals surface area contributed by atoms with Crippen molar-refractivity contribution in [3.8, 4) is 0 Å². The van der Waals surface area contributed by atoms with E-state index in [0.29, 0.717) is 31.3 Å². The number of halogens is 1. The van der Waals surface area contributed by atoms with Crippen molar-refractivity contribution in [3.05, 3.63) is 34.9 Å². The van der Waals surface area contributed by atoms with E-state index in [1.807, 2.05) is 29.2 Å². The van der Waals surface area contributed by atoms with E-state index in [9.17, 15) is 4.79 Å². The van der Waals surface area contributed by atoms with Crippen LogP contribution in [0.15, 0.2) is 29.3 Å². The number of rotatable bonds is 5. The van der Waals surface area contributed by atoms with Gasteiger partial charge >= 0.3 is 0 Å². The minimum atomic E-state index is -0.246. The lowest BCUT2D eigenvalue weighted by atomic mass is 10.1. The standard InChI is InChI=1S/C20H29ClN4O3/c1-22-20(23-14-18(27-2)15-5-3-6-16(21)13-15)25-10-8-24(9-11-25)19(26)17-7-4-12-28-17/h3,5-6,13,17-18H,4,7-12,14H2,1-2H3,(H,22,23). The molecule has 0 spiro atoms. The number of ether oxygens (including phenoxy) is 2. The smallest absolute Gasteiger partial charge is 0.251 e. The van der Waals surface area contributed by atoms with E-state index >= 15 is 0 Å². The minimum Gasteiger partial charge on any atom is -0.375 e. The normalized spacial score (nSPS) is 21.7. The quantitative estimate of drug-likeness (QED) is 0.595. The van der Waals surface area contributed by atoms with Gasteiger partial charge in [0.15, 0.2) is 5.96 Å². The molecule has 2 aliphatic heterocycles. The number of methoxy groups -OCH3 is 1. The summed E-state index contributed by atoms with van der Waals surface area (Å²) in [5, 5.41) is 4.08. The van der Waals surface area contributed by atoms with Gasteiger partial charge < -0.3 is 24.6 Å². The predicted molar refractivity (Wildman–Crippen MR) is 110 cm³/mol. The Hall–Kier alpha value is -1.83. The van der Waals surface area contributed by atoms with Gasteiger partial charge in [0.2, 0.25) is 0 Å². The van der Waals surface area contributed by atoms with Crippen molar-refractivity contribution in [2.75, 3.05) is 53.5 Å². The molecule has 2 unspecified atom stereocenters. The third kappa shape index (κ3) is 5.16. The zero-order valence-corrected chi connectivity index (χ0v) is 17.3. The molecule has 0 bridgehead atoms. The van der Waals surface area contributed by atoms with Crippen LogP contribution in [0, 0.1) is 0 Å². The van der Waals surface area contributed by atoms with Crippen LogP contribution < -0.4 is 5.32 Å². The van der Waals surface area contributed by atoms with Crippen LogP contribution >= 0.6 is 11.6 Å². The molecular formula is C20H29ClN4O3. The van der Waals surface area contributed by atoms with Gasteiger partial charge in [-0.1, -0.05) is 23.7 Å². The van der Waals surface area contributed by atoms with E-state index in [0.717, 1.165) is 37.5 Å². The van der Waals surface area contributed by atoms with Crippen LogP contribution in [0.25, 0.3) is 0 Å². The lowest BCUT2D eigenvalue weighted by Gasteiger charge is -2.37. The Bertz CT molecular complexity index is 686. The molecule has 2 saturated heterocycles. The van der Waals surface area contributed by atoms with E-state index < -0.39 is 0 Å². The highest BCUT2D eigenvalue weighted by Crippen LogP contribution is 2.20. The average molecular weight is 409 g/mol. The summed E-state index contributed by atoms with van der Waals surface area (Å²) in [5.74, 6) is 0.939. The maximum Gasteiger partial charge on any atom is 0.251 e. The number of carbonyl (C=O) groups excluding carboxylic acids is 1. The Labute approximate surface area is 171 Å². The molecule has 3 rings (SSSR count). The molecule has 28 heavy (non-hydrogen) atoms. The Morgan fingerprint density at radius 2 is 2.11 bits per heavy atom. The Kier molecular flexibility index (Phi) is 7.53. The van der Waals surface area contributed by atoms with Gasteiger partial charge in [-0.2, -0.15) is 0 Å². The third-order valence-corrected chi connectivity index (χ3v) is 5.49. The predicted octanol–water partition coefficient (Wildman–Crippen LogP) is 1.93. The molecule has 2 atom stereocenters. The number of amides is 1. The van der Waals surface area contributed by atoms with E-state index in [-0.39, 0.29) is 18.1 Å². The topological polar surface area (TPSA) is 66.4 Å². The summed E-state index contributed by atoms with van der Waals surface area (Å²) in [6, 6.07) is 7.68. The van der Waals surface area contributed by atoms with E-state index in [1.54, 1.807) is 14.2 Å². The number of piperazine rings is 1. The average Bonchev–Trinajstić information content (AvgIpc) is 3.26. The highest BCUT2D eigenvalue weighted by Gasteiger charge is 2.31. The first-order chi connectivity index (χ1) is 13.6. The molecule has 2 aliphatic rings. The molecule has 0 radical (unpaired) electrons. The second-order valence-electron chi connectivity index (χ2n) is 7.02. The number of hydrogen-bond donors (Lipinski definition) is 1. The van der Waals surface area contributed by atoms with Crippen molar-refractivity contribution in [1.29, 1.82) is 0 Å². The molecule has 0 aromatic heterocycles. The van der Waals surface area contributed by atoms with Crippen LogP contribution in [0.3, 0.4) is 0 Å². The summed E-state index contributed by atoms with van der Waals surface area (Å²) in [6.45, 7) is 4.13. The first kappa shape index (κ1) is 20.9. The lowest BCUT2D eigenvalue weighted by Crippen LogP contribution is -2.55. The summed E-state index contributed by atoms with van der Waals surface area (Å²) in [7, 11) is 3.46. The van der Waals surface area contributed by atoms with Crippen molar-refractivity contribution >= 4 is 23.5 Å². The number of nitrogens with one attached hydrogen (secondary N) is 1. The summed E-state index contributed by atoms with van der Waals surface area (Å²) >= 11 is 6.09. The van der Waals surface area contributed by atoms with E-state index in [2.05, 4.69) is 15.2 Å². The van der Waals surface area contributed by atoms with Gasteiger partial charge in [-0.3, -0.25) is 9.79 Å². The molecule has 2 fully saturated rings. The van der Waals surface area contributed by atoms with Crippen LogP contribution in [0.5, 0.6) is 0 Å². The molecule has 1 N–H and O–H groups in total. The Morgan fingerprint density at radius 1 is 1.36 bits per heavy atom. The van der Waals surface area contributed by atoms with Crippen LogP contribution in [-0.4, -0.2) is 81.3 Å². The number of carbonyl (C=O) groups is 1. The van der Waals surface area contributed by atoms with Crippen LogP contribution in [0.2, 0.25) is 5.02 Å². The summed E-state index contributed by atoms with van der Waals surface area (Å²) in [4.78, 5) is 21.0. The van der Waals surface area contributed by atoms with Crippen LogP contribution in [0.4, 0.5) is 0 Å². The summed E-state index contributed by atoms with van der Waals surface area (Å²) < 4.78 is 11.1. The number of aliphatic imine (C=N–C) groups is 1. The number of nitrogens with zero attached hydrogens (tertiary/aromatic N) is 3. The molecule has 8 heteroatoms. The number of guanidine groups is 1. The third-order valence-electron chi connectivity index (χ3n) is 5.26. The lowest BCUT2D eigenvalue weighted by molar-refractivity contribution is -0.142. The van der Waals surface area contributed by atoms with Gasteiger partial charge in [-0.05, 0) is 30.5 Å².